The summed E-state index contributed by atoms with van der Waals surface area (Å²) >= 11 is 3.04. The van der Waals surface area contributed by atoms with Crippen LogP contribution in [0.5, 0.6) is 0 Å². The Kier molecular flexibility index (Phi) is 8.22. The SMILES string of the molecule is CC(C)C1=CSC(=N)C(C)N1SN=CC(C(C)C)C(C)C(C)C. The average Bonchev–Trinajstić information content (AvgIpc) is 2.46. The lowest BCUT2D eigenvalue weighted by atomic mass is 9.79. The number of thioether (sulfide) groups is 1. The largest absolute Gasteiger partial charge is 0.296 e. The van der Waals surface area contributed by atoms with Gasteiger partial charge in [-0.3, -0.25) is 9.71 Å². The first kappa shape index (κ1) is 20.6. The van der Waals surface area contributed by atoms with Gasteiger partial charge in [0.25, 0.3) is 0 Å². The van der Waals surface area contributed by atoms with Crippen molar-refractivity contribution >= 4 is 35.2 Å². The van der Waals surface area contributed by atoms with E-state index in [4.69, 9.17) is 9.81 Å². The Morgan fingerprint density at radius 2 is 1.78 bits per heavy atom. The zero-order valence-corrected chi connectivity index (χ0v) is 17.5. The lowest BCUT2D eigenvalue weighted by Crippen LogP contribution is -2.35. The number of allylic oxidation sites excluding steroid dienone is 1. The first-order valence-electron chi connectivity index (χ1n) is 8.61. The molecule has 0 fully saturated rings. The fraction of sp³-hybridized carbons (Fsp3) is 0.778. The summed E-state index contributed by atoms with van der Waals surface area (Å²) in [5.74, 6) is 2.79. The minimum Gasteiger partial charge on any atom is -0.296 e. The maximum absolute atomic E-state index is 8.08. The topological polar surface area (TPSA) is 39.5 Å². The quantitative estimate of drug-likeness (QED) is 0.443. The summed E-state index contributed by atoms with van der Waals surface area (Å²) < 4.78 is 6.90. The van der Waals surface area contributed by atoms with Gasteiger partial charge in [-0.05, 0) is 36.0 Å². The van der Waals surface area contributed by atoms with Crippen molar-refractivity contribution in [1.29, 1.82) is 5.41 Å². The summed E-state index contributed by atoms with van der Waals surface area (Å²) in [5, 5.41) is 10.9. The van der Waals surface area contributed by atoms with Crippen molar-refractivity contribution in [2.24, 2.45) is 34.0 Å². The van der Waals surface area contributed by atoms with Gasteiger partial charge < -0.3 is 0 Å². The molecule has 3 nitrogen and oxygen atoms in total. The van der Waals surface area contributed by atoms with E-state index in [2.05, 4.69) is 71.3 Å². The number of nitrogens with one attached hydrogen (secondary N) is 1. The van der Waals surface area contributed by atoms with Crippen LogP contribution in [-0.2, 0) is 0 Å². The van der Waals surface area contributed by atoms with Gasteiger partial charge >= 0.3 is 0 Å². The van der Waals surface area contributed by atoms with Crippen LogP contribution in [0.15, 0.2) is 15.5 Å². The molecule has 1 heterocycles. The Labute approximate surface area is 151 Å². The van der Waals surface area contributed by atoms with E-state index >= 15 is 0 Å². The molecule has 0 amide bonds. The standard InChI is InChI=1S/C18H33N3S2/c1-11(2)14(7)16(12(3)4)9-20-23-21-15(8)18(19)22-10-17(21)13(5)6/h9-16,19H,1-8H3. The van der Waals surface area contributed by atoms with Crippen molar-refractivity contribution in [3.63, 3.8) is 0 Å². The lowest BCUT2D eigenvalue weighted by Gasteiger charge is -2.35. The van der Waals surface area contributed by atoms with Gasteiger partial charge in [0.15, 0.2) is 0 Å². The Balaban J connectivity index is 2.85. The molecule has 3 unspecified atom stereocenters. The van der Waals surface area contributed by atoms with Crippen LogP contribution in [0.3, 0.4) is 0 Å². The molecule has 0 saturated carbocycles. The van der Waals surface area contributed by atoms with Crippen molar-refractivity contribution in [1.82, 2.24) is 4.31 Å². The minimum atomic E-state index is 0.0876. The van der Waals surface area contributed by atoms with Crippen molar-refractivity contribution in [3.05, 3.63) is 11.1 Å². The van der Waals surface area contributed by atoms with Gasteiger partial charge in [0.05, 0.1) is 23.2 Å². The van der Waals surface area contributed by atoms with Gasteiger partial charge in [-0.1, -0.05) is 60.2 Å². The molecule has 132 valence electrons. The highest BCUT2D eigenvalue weighted by Crippen LogP contribution is 2.36. The Hall–Kier alpha value is -0.420. The van der Waals surface area contributed by atoms with Crippen LogP contribution >= 0.6 is 23.9 Å². The summed E-state index contributed by atoms with van der Waals surface area (Å²) in [5.41, 5.74) is 1.26. The van der Waals surface area contributed by atoms with E-state index in [1.54, 1.807) is 0 Å². The van der Waals surface area contributed by atoms with E-state index < -0.39 is 0 Å². The molecule has 1 aliphatic heterocycles. The molecule has 0 bridgehead atoms. The van der Waals surface area contributed by atoms with Crippen molar-refractivity contribution in [3.8, 4) is 0 Å². The van der Waals surface area contributed by atoms with Gasteiger partial charge in [0, 0.05) is 17.8 Å². The van der Waals surface area contributed by atoms with Crippen molar-refractivity contribution in [2.75, 3.05) is 0 Å². The Morgan fingerprint density at radius 1 is 1.17 bits per heavy atom. The van der Waals surface area contributed by atoms with Gasteiger partial charge in [-0.15, -0.1) is 0 Å². The van der Waals surface area contributed by atoms with Gasteiger partial charge in [0.1, 0.15) is 0 Å². The molecular weight excluding hydrogens is 322 g/mol. The molecule has 0 aromatic heterocycles. The molecule has 0 radical (unpaired) electrons. The maximum atomic E-state index is 8.08. The molecule has 23 heavy (non-hydrogen) atoms. The summed E-state index contributed by atoms with van der Waals surface area (Å²) in [6.07, 6.45) is 2.13. The van der Waals surface area contributed by atoms with Crippen LogP contribution in [0.2, 0.25) is 0 Å². The van der Waals surface area contributed by atoms with E-state index in [0.29, 0.717) is 34.6 Å². The van der Waals surface area contributed by atoms with Gasteiger partial charge in [0.2, 0.25) is 0 Å². The van der Waals surface area contributed by atoms with E-state index in [-0.39, 0.29) is 6.04 Å². The van der Waals surface area contributed by atoms with Crippen LogP contribution < -0.4 is 0 Å². The van der Waals surface area contributed by atoms with E-state index in [1.165, 1.54) is 29.6 Å². The fourth-order valence-electron chi connectivity index (χ4n) is 2.62. The van der Waals surface area contributed by atoms with Crippen LogP contribution in [0.1, 0.15) is 55.4 Å². The molecule has 1 aliphatic rings. The molecule has 0 spiro atoms. The highest BCUT2D eigenvalue weighted by Gasteiger charge is 2.28. The molecule has 0 aromatic rings. The zero-order valence-electron chi connectivity index (χ0n) is 15.8. The highest BCUT2D eigenvalue weighted by molar-refractivity contribution is 8.16. The first-order valence-corrected chi connectivity index (χ1v) is 10.2. The molecule has 3 atom stereocenters. The van der Waals surface area contributed by atoms with Crippen LogP contribution in [0.25, 0.3) is 0 Å². The predicted octanol–water partition coefficient (Wildman–Crippen LogP) is 6.10. The van der Waals surface area contributed by atoms with Crippen LogP contribution in [-0.4, -0.2) is 21.6 Å². The molecule has 0 saturated heterocycles. The minimum absolute atomic E-state index is 0.0876. The number of nitrogens with zero attached hydrogens (tertiary/aromatic N) is 2. The monoisotopic (exact) mass is 355 g/mol. The number of hydrogen-bond acceptors (Lipinski definition) is 5. The van der Waals surface area contributed by atoms with Crippen molar-refractivity contribution < 1.29 is 0 Å². The number of hydrogen-bond donors (Lipinski definition) is 1. The van der Waals surface area contributed by atoms with E-state index in [9.17, 15) is 0 Å². The third-order valence-corrected chi connectivity index (χ3v) is 6.55. The Bertz CT molecular complexity index is 455. The second-order valence-electron chi connectivity index (χ2n) is 7.44. The second-order valence-corrected chi connectivity index (χ2v) is 9.12. The summed E-state index contributed by atoms with van der Waals surface area (Å²) in [6, 6.07) is 0.0876. The third kappa shape index (κ3) is 5.56. The van der Waals surface area contributed by atoms with E-state index in [0.717, 1.165) is 0 Å². The van der Waals surface area contributed by atoms with Crippen molar-refractivity contribution in [2.45, 2.75) is 61.4 Å². The third-order valence-electron chi connectivity index (χ3n) is 4.68. The molecule has 0 aromatic carbocycles. The second kappa shape index (κ2) is 9.16. The fourth-order valence-corrected chi connectivity index (χ4v) is 4.59. The maximum Gasteiger partial charge on any atom is 0.0930 e. The lowest BCUT2D eigenvalue weighted by molar-refractivity contribution is 0.287. The molecule has 5 heteroatoms. The Morgan fingerprint density at radius 3 is 2.26 bits per heavy atom. The summed E-state index contributed by atoms with van der Waals surface area (Å²) in [6.45, 7) is 17.9. The molecular formula is C18H33N3S2. The summed E-state index contributed by atoms with van der Waals surface area (Å²) in [7, 11) is 0. The normalized spacial score (nSPS) is 22.4. The molecule has 0 aliphatic carbocycles. The number of rotatable bonds is 7. The van der Waals surface area contributed by atoms with Crippen LogP contribution in [0, 0.1) is 35.0 Å². The highest BCUT2D eigenvalue weighted by atomic mass is 32.2. The first-order chi connectivity index (χ1) is 10.7. The zero-order chi connectivity index (χ0) is 17.7. The average molecular weight is 356 g/mol. The van der Waals surface area contributed by atoms with E-state index in [1.807, 2.05) is 0 Å². The molecule has 1 rings (SSSR count). The predicted molar refractivity (Wildman–Crippen MR) is 108 cm³/mol. The van der Waals surface area contributed by atoms with Gasteiger partial charge in [-0.25, -0.2) is 4.40 Å². The van der Waals surface area contributed by atoms with Crippen LogP contribution in [0.4, 0.5) is 0 Å². The van der Waals surface area contributed by atoms with Gasteiger partial charge in [-0.2, -0.15) is 0 Å². The molecule has 1 N–H and O–H groups in total. The smallest absolute Gasteiger partial charge is 0.0930 e. The summed E-state index contributed by atoms with van der Waals surface area (Å²) in [4.78, 5) is 0.